The number of nitriles is 1. The molecule has 1 saturated carbocycles. The molecule has 4 rings (SSSR count). The van der Waals surface area contributed by atoms with Crippen molar-refractivity contribution in [2.45, 2.75) is 56.4 Å². The second-order valence-corrected chi connectivity index (χ2v) is 9.79. The van der Waals surface area contributed by atoms with Crippen molar-refractivity contribution in [2.75, 3.05) is 13.1 Å². The minimum Gasteiger partial charge on any atom is -0.340 e. The highest BCUT2D eigenvalue weighted by Gasteiger charge is 2.34. The Kier molecular flexibility index (Phi) is 5.32. The van der Waals surface area contributed by atoms with E-state index >= 15 is 0 Å². The van der Waals surface area contributed by atoms with Gasteiger partial charge in [0.1, 0.15) is 12.4 Å². The molecule has 6 nitrogen and oxygen atoms in total. The Morgan fingerprint density at radius 2 is 1.90 bits per heavy atom. The van der Waals surface area contributed by atoms with Crippen LogP contribution in [-0.2, 0) is 27.8 Å². The van der Waals surface area contributed by atoms with E-state index in [0.29, 0.717) is 41.5 Å². The Balaban J connectivity index is 1.79. The Hall–Kier alpha value is -2.43. The van der Waals surface area contributed by atoms with Crippen molar-refractivity contribution in [1.29, 1.82) is 5.26 Å². The zero-order valence-corrected chi connectivity index (χ0v) is 17.4. The number of rotatable bonds is 7. The van der Waals surface area contributed by atoms with Crippen LogP contribution in [0, 0.1) is 18.3 Å². The molecule has 1 saturated heterocycles. The van der Waals surface area contributed by atoms with Crippen LogP contribution < -0.4 is 0 Å². The van der Waals surface area contributed by atoms with Crippen molar-refractivity contribution >= 4 is 16.3 Å². The summed E-state index contributed by atoms with van der Waals surface area (Å²) in [6.07, 6.45) is 5.04. The van der Waals surface area contributed by atoms with Gasteiger partial charge in [0.25, 0.3) is 0 Å². The highest BCUT2D eigenvalue weighted by atomic mass is 32.2. The van der Waals surface area contributed by atoms with E-state index in [1.165, 1.54) is 0 Å². The molecular weight excluding hydrogens is 386 g/mol. The highest BCUT2D eigenvalue weighted by molar-refractivity contribution is 7.89. The summed E-state index contributed by atoms with van der Waals surface area (Å²) in [5, 5.41) is 9.88. The van der Waals surface area contributed by atoms with Crippen molar-refractivity contribution < 1.29 is 13.2 Å². The summed E-state index contributed by atoms with van der Waals surface area (Å²) < 4.78 is 29.9. The van der Waals surface area contributed by atoms with Gasteiger partial charge in [-0.2, -0.15) is 9.57 Å². The molecule has 1 aromatic heterocycles. The number of nitrogens with zero attached hydrogens (tertiary/aromatic N) is 3. The maximum atomic E-state index is 13.2. The fourth-order valence-corrected chi connectivity index (χ4v) is 6.14. The molecule has 0 N–H and O–H groups in total. The molecule has 7 heteroatoms. The first-order valence-corrected chi connectivity index (χ1v) is 11.6. The third-order valence-corrected chi connectivity index (χ3v) is 8.05. The number of carbonyl (C=O) groups is 1. The zero-order valence-electron chi connectivity index (χ0n) is 16.6. The predicted molar refractivity (Wildman–Crippen MR) is 109 cm³/mol. The third-order valence-electron chi connectivity index (χ3n) is 6.05. The van der Waals surface area contributed by atoms with Gasteiger partial charge in [0.2, 0.25) is 10.0 Å². The molecule has 1 aliphatic heterocycles. The lowest BCUT2D eigenvalue weighted by Crippen LogP contribution is -2.28. The van der Waals surface area contributed by atoms with Gasteiger partial charge in [-0.15, -0.1) is 0 Å². The first kappa shape index (κ1) is 19.9. The van der Waals surface area contributed by atoms with Crippen molar-refractivity contribution in [3.8, 4) is 6.07 Å². The fourth-order valence-electron chi connectivity index (χ4n) is 4.41. The lowest BCUT2D eigenvalue weighted by atomic mass is 10.00. The molecule has 2 fully saturated rings. The van der Waals surface area contributed by atoms with Crippen LogP contribution in [0.5, 0.6) is 0 Å². The molecule has 2 aromatic rings. The monoisotopic (exact) mass is 411 g/mol. The largest absolute Gasteiger partial charge is 0.340 e. The van der Waals surface area contributed by atoms with Gasteiger partial charge < -0.3 is 9.36 Å². The van der Waals surface area contributed by atoms with Gasteiger partial charge in [0.15, 0.2) is 0 Å². The maximum absolute atomic E-state index is 13.2. The number of carbonyl (C=O) groups excluding carboxylic acids is 1. The summed E-state index contributed by atoms with van der Waals surface area (Å²) in [4.78, 5) is 11.6. The van der Waals surface area contributed by atoms with E-state index in [2.05, 4.69) is 6.07 Å². The predicted octanol–water partition coefficient (Wildman–Crippen LogP) is 3.12. The average molecular weight is 412 g/mol. The van der Waals surface area contributed by atoms with E-state index < -0.39 is 10.0 Å². The molecule has 2 heterocycles. The molecule has 1 aromatic carbocycles. The van der Waals surface area contributed by atoms with Gasteiger partial charge in [0, 0.05) is 36.8 Å². The Morgan fingerprint density at radius 1 is 1.21 bits per heavy atom. The molecule has 152 valence electrons. The molecule has 0 amide bonds. The molecular formula is C22H25N3O3S. The molecule has 0 unspecified atom stereocenters. The number of aldehydes is 1. The first-order valence-electron chi connectivity index (χ1n) is 10.1. The number of benzene rings is 1. The molecule has 0 atom stereocenters. The average Bonchev–Trinajstić information content (AvgIpc) is 3.31. The topological polar surface area (TPSA) is 83.2 Å². The second kappa shape index (κ2) is 7.77. The summed E-state index contributed by atoms with van der Waals surface area (Å²) in [6.45, 7) is 3.25. The van der Waals surface area contributed by atoms with Crippen LogP contribution in [0.1, 0.15) is 59.7 Å². The van der Waals surface area contributed by atoms with Gasteiger partial charge >= 0.3 is 0 Å². The van der Waals surface area contributed by atoms with Crippen LogP contribution in [0.4, 0.5) is 0 Å². The number of sulfonamides is 1. The molecule has 2 aliphatic rings. The van der Waals surface area contributed by atoms with E-state index in [-0.39, 0.29) is 6.54 Å². The third kappa shape index (κ3) is 3.52. The standard InChI is InChI=1S/C22H25N3O3S/c1-16-19(20(15-23)22(17-8-9-17)25(16)12-13-26)14-18-6-2-3-7-21(18)29(27,28)24-10-4-5-11-24/h2-3,6-7,13,17H,4-5,8-12,14H2,1H3. The molecule has 0 radical (unpaired) electrons. The maximum Gasteiger partial charge on any atom is 0.243 e. The van der Waals surface area contributed by atoms with E-state index in [4.69, 9.17) is 0 Å². The number of hydrogen-bond donors (Lipinski definition) is 0. The van der Waals surface area contributed by atoms with E-state index in [0.717, 1.165) is 48.9 Å². The minimum absolute atomic E-state index is 0.222. The van der Waals surface area contributed by atoms with Crippen molar-refractivity contribution in [3.63, 3.8) is 0 Å². The lowest BCUT2D eigenvalue weighted by Gasteiger charge is -2.18. The van der Waals surface area contributed by atoms with Gasteiger partial charge in [-0.05, 0) is 49.8 Å². The van der Waals surface area contributed by atoms with E-state index in [9.17, 15) is 18.5 Å². The summed E-state index contributed by atoms with van der Waals surface area (Å²) in [5.41, 5.74) is 3.96. The van der Waals surface area contributed by atoms with Gasteiger partial charge in [0.05, 0.1) is 17.0 Å². The van der Waals surface area contributed by atoms with Crippen LogP contribution in [0.15, 0.2) is 29.2 Å². The zero-order chi connectivity index (χ0) is 20.6. The smallest absolute Gasteiger partial charge is 0.243 e. The lowest BCUT2D eigenvalue weighted by molar-refractivity contribution is -0.108. The van der Waals surface area contributed by atoms with Crippen molar-refractivity contribution in [3.05, 3.63) is 52.3 Å². The Labute approximate surface area is 171 Å². The number of hydrogen-bond acceptors (Lipinski definition) is 4. The van der Waals surface area contributed by atoms with Crippen LogP contribution in [0.25, 0.3) is 0 Å². The molecule has 0 spiro atoms. The summed E-state index contributed by atoms with van der Waals surface area (Å²) in [5.74, 6) is 0.320. The Bertz CT molecular complexity index is 1090. The normalized spacial score (nSPS) is 17.4. The second-order valence-electron chi connectivity index (χ2n) is 7.88. The van der Waals surface area contributed by atoms with Crippen molar-refractivity contribution in [1.82, 2.24) is 8.87 Å². The summed E-state index contributed by atoms with van der Waals surface area (Å²) in [6, 6.07) is 9.42. The highest BCUT2D eigenvalue weighted by Crippen LogP contribution is 2.44. The molecule has 1 aliphatic carbocycles. The molecule has 29 heavy (non-hydrogen) atoms. The van der Waals surface area contributed by atoms with Gasteiger partial charge in [-0.1, -0.05) is 18.2 Å². The van der Waals surface area contributed by atoms with Crippen LogP contribution in [0.2, 0.25) is 0 Å². The fraction of sp³-hybridized carbons (Fsp3) is 0.455. The van der Waals surface area contributed by atoms with Gasteiger partial charge in [-0.3, -0.25) is 0 Å². The Morgan fingerprint density at radius 3 is 2.52 bits per heavy atom. The quantitative estimate of drug-likeness (QED) is 0.656. The summed E-state index contributed by atoms with van der Waals surface area (Å²) >= 11 is 0. The summed E-state index contributed by atoms with van der Waals surface area (Å²) in [7, 11) is -3.55. The van der Waals surface area contributed by atoms with Gasteiger partial charge in [-0.25, -0.2) is 8.42 Å². The van der Waals surface area contributed by atoms with Crippen LogP contribution in [0.3, 0.4) is 0 Å². The van der Waals surface area contributed by atoms with E-state index in [1.54, 1.807) is 16.4 Å². The van der Waals surface area contributed by atoms with Crippen LogP contribution in [-0.4, -0.2) is 36.7 Å². The van der Waals surface area contributed by atoms with E-state index in [1.807, 2.05) is 23.6 Å². The first-order chi connectivity index (χ1) is 14.0. The van der Waals surface area contributed by atoms with Crippen molar-refractivity contribution in [2.24, 2.45) is 0 Å². The minimum atomic E-state index is -3.55. The molecule has 0 bridgehead atoms. The van der Waals surface area contributed by atoms with Crippen LogP contribution >= 0.6 is 0 Å². The SMILES string of the molecule is Cc1c(Cc2ccccc2S(=O)(=O)N2CCCC2)c(C#N)c(C2CC2)n1CC=O. The number of aromatic nitrogens is 1.